The molecule has 14 heavy (non-hydrogen) atoms. The molecule has 3 rings (SSSR count). The minimum Gasteiger partial charge on any atom is -0.365 e. The van der Waals surface area contributed by atoms with Gasteiger partial charge < -0.3 is 4.74 Å². The molecule has 3 aliphatic rings. The zero-order valence-corrected chi connectivity index (χ0v) is 7.54. The summed E-state index contributed by atoms with van der Waals surface area (Å²) in [7, 11) is 1.33. The van der Waals surface area contributed by atoms with Gasteiger partial charge in [-0.2, -0.15) is 5.06 Å². The molecule has 5 heteroatoms. The van der Waals surface area contributed by atoms with Gasteiger partial charge in [0.1, 0.15) is 0 Å². The van der Waals surface area contributed by atoms with Crippen LogP contribution in [-0.4, -0.2) is 36.2 Å². The molecular formula is C9H9NO4. The Kier molecular flexibility index (Phi) is 1.41. The highest BCUT2D eigenvalue weighted by atomic mass is 16.7. The summed E-state index contributed by atoms with van der Waals surface area (Å²) >= 11 is 0. The average molecular weight is 195 g/mol. The lowest BCUT2D eigenvalue weighted by molar-refractivity contribution is -0.183. The summed E-state index contributed by atoms with van der Waals surface area (Å²) in [5, 5.41) is 0.852. The van der Waals surface area contributed by atoms with Crippen LogP contribution < -0.4 is 0 Å². The van der Waals surface area contributed by atoms with Crippen LogP contribution in [0.15, 0.2) is 12.2 Å². The number of hydroxylamine groups is 2. The van der Waals surface area contributed by atoms with Gasteiger partial charge in [0.2, 0.25) is 0 Å². The van der Waals surface area contributed by atoms with E-state index in [0.29, 0.717) is 0 Å². The molecule has 0 N–H and O–H groups in total. The molecular weight excluding hydrogens is 186 g/mol. The second kappa shape index (κ2) is 2.43. The van der Waals surface area contributed by atoms with Gasteiger partial charge in [-0.3, -0.25) is 14.4 Å². The Morgan fingerprint density at radius 3 is 2.14 bits per heavy atom. The van der Waals surface area contributed by atoms with E-state index in [2.05, 4.69) is 0 Å². The van der Waals surface area contributed by atoms with Crippen molar-refractivity contribution < 1.29 is 19.2 Å². The van der Waals surface area contributed by atoms with Crippen LogP contribution in [0.2, 0.25) is 0 Å². The highest BCUT2D eigenvalue weighted by Gasteiger charge is 2.61. The monoisotopic (exact) mass is 195 g/mol. The van der Waals surface area contributed by atoms with Gasteiger partial charge in [-0.1, -0.05) is 12.2 Å². The molecule has 2 amide bonds. The molecule has 2 fully saturated rings. The molecule has 0 aliphatic carbocycles. The third-order valence-corrected chi connectivity index (χ3v) is 3.05. The van der Waals surface area contributed by atoms with Crippen molar-refractivity contribution in [1.29, 1.82) is 0 Å². The lowest BCUT2D eigenvalue weighted by Crippen LogP contribution is -2.33. The van der Waals surface area contributed by atoms with Crippen molar-refractivity contribution in [3.63, 3.8) is 0 Å². The molecule has 2 bridgehead atoms. The van der Waals surface area contributed by atoms with Crippen molar-refractivity contribution in [1.82, 2.24) is 5.06 Å². The highest BCUT2D eigenvalue weighted by molar-refractivity contribution is 6.05. The van der Waals surface area contributed by atoms with Gasteiger partial charge in [-0.25, -0.2) is 0 Å². The van der Waals surface area contributed by atoms with Gasteiger partial charge in [-0.15, -0.1) is 0 Å². The number of nitrogens with zero attached hydrogens (tertiary/aromatic N) is 1. The summed E-state index contributed by atoms with van der Waals surface area (Å²) in [4.78, 5) is 28.1. The summed E-state index contributed by atoms with van der Waals surface area (Å²) in [5.74, 6) is -1.28. The first-order chi connectivity index (χ1) is 6.74. The van der Waals surface area contributed by atoms with Crippen molar-refractivity contribution in [3.05, 3.63) is 12.2 Å². The fraction of sp³-hybridized carbons (Fsp3) is 0.556. The maximum atomic E-state index is 11.7. The zero-order valence-electron chi connectivity index (χ0n) is 7.54. The molecule has 2 saturated heterocycles. The van der Waals surface area contributed by atoms with Crippen LogP contribution >= 0.6 is 0 Å². The molecule has 0 radical (unpaired) electrons. The van der Waals surface area contributed by atoms with Crippen LogP contribution in [0.25, 0.3) is 0 Å². The number of hydrogen-bond donors (Lipinski definition) is 0. The van der Waals surface area contributed by atoms with Crippen LogP contribution in [0, 0.1) is 11.8 Å². The summed E-state index contributed by atoms with van der Waals surface area (Å²) in [6, 6.07) is 0. The van der Waals surface area contributed by atoms with E-state index in [0.717, 1.165) is 5.06 Å². The van der Waals surface area contributed by atoms with E-state index < -0.39 is 0 Å². The Hall–Kier alpha value is -1.20. The quantitative estimate of drug-likeness (QED) is 0.417. The lowest BCUT2D eigenvalue weighted by atomic mass is 9.85. The van der Waals surface area contributed by atoms with Gasteiger partial charge in [0.05, 0.1) is 31.2 Å². The van der Waals surface area contributed by atoms with E-state index in [-0.39, 0.29) is 35.9 Å². The van der Waals surface area contributed by atoms with Gasteiger partial charge >= 0.3 is 0 Å². The van der Waals surface area contributed by atoms with Crippen LogP contribution in [-0.2, 0) is 19.2 Å². The molecule has 0 aromatic heterocycles. The minimum atomic E-state index is -0.363. The Morgan fingerprint density at radius 2 is 1.71 bits per heavy atom. The van der Waals surface area contributed by atoms with E-state index >= 15 is 0 Å². The van der Waals surface area contributed by atoms with E-state index in [1.54, 1.807) is 0 Å². The number of hydrogen-bond acceptors (Lipinski definition) is 4. The van der Waals surface area contributed by atoms with Gasteiger partial charge in [0.25, 0.3) is 11.8 Å². The highest BCUT2D eigenvalue weighted by Crippen LogP contribution is 2.44. The summed E-state index contributed by atoms with van der Waals surface area (Å²) < 4.78 is 5.44. The van der Waals surface area contributed by atoms with Crippen LogP contribution in [0.4, 0.5) is 0 Å². The lowest BCUT2D eigenvalue weighted by Gasteiger charge is -2.13. The number of carbonyl (C=O) groups excluding carboxylic acids is 2. The number of fused-ring (bicyclic) bond motifs is 5. The number of imide groups is 1. The van der Waals surface area contributed by atoms with E-state index in [9.17, 15) is 9.59 Å². The zero-order chi connectivity index (χ0) is 9.87. The van der Waals surface area contributed by atoms with Crippen molar-refractivity contribution in [2.45, 2.75) is 12.2 Å². The third kappa shape index (κ3) is 0.726. The van der Waals surface area contributed by atoms with Crippen molar-refractivity contribution >= 4 is 11.8 Å². The van der Waals surface area contributed by atoms with Gasteiger partial charge in [-0.05, 0) is 0 Å². The van der Waals surface area contributed by atoms with Crippen molar-refractivity contribution in [2.75, 3.05) is 7.11 Å². The van der Waals surface area contributed by atoms with Crippen molar-refractivity contribution in [3.8, 4) is 0 Å². The molecule has 3 aliphatic heterocycles. The summed E-state index contributed by atoms with van der Waals surface area (Å²) in [5.41, 5.74) is 0. The normalized spacial score (nSPS) is 43.9. The standard InChI is InChI=1S/C9H9NO4/c1-13-10-8(11)6-4-2-3-5(14-4)7(6)9(10)12/h2-7H,1H3/t4-,5-,6-,7+/m1/s1. The second-order valence-corrected chi connectivity index (χ2v) is 3.66. The SMILES string of the molecule is CON1C(=O)[C@@H]2[C@H](C1=O)[C@H]1C=C[C@H]2O1. The number of ether oxygens (including phenoxy) is 1. The first-order valence-corrected chi connectivity index (χ1v) is 4.50. The molecule has 3 heterocycles. The maximum absolute atomic E-state index is 11.7. The average Bonchev–Trinajstić information content (AvgIpc) is 2.80. The topological polar surface area (TPSA) is 55.8 Å². The smallest absolute Gasteiger partial charge is 0.260 e. The molecule has 0 aromatic rings. The van der Waals surface area contributed by atoms with Crippen LogP contribution in [0.3, 0.4) is 0 Å². The number of rotatable bonds is 1. The predicted octanol–water partition coefficient (Wildman–Crippen LogP) is -0.514. The molecule has 0 spiro atoms. The Balaban J connectivity index is 2.02. The fourth-order valence-corrected chi connectivity index (χ4v) is 2.46. The van der Waals surface area contributed by atoms with Crippen LogP contribution in [0.1, 0.15) is 0 Å². The van der Waals surface area contributed by atoms with Gasteiger partial charge in [0.15, 0.2) is 0 Å². The fourth-order valence-electron chi connectivity index (χ4n) is 2.46. The largest absolute Gasteiger partial charge is 0.365 e. The minimum absolute atomic E-state index is 0.235. The van der Waals surface area contributed by atoms with E-state index in [1.165, 1.54) is 7.11 Å². The number of amides is 2. The first-order valence-electron chi connectivity index (χ1n) is 4.50. The Labute approximate surface area is 80.2 Å². The molecule has 4 atom stereocenters. The Bertz CT molecular complexity index is 321. The summed E-state index contributed by atoms with van der Waals surface area (Å²) in [6.07, 6.45) is 3.22. The molecule has 0 saturated carbocycles. The van der Waals surface area contributed by atoms with E-state index in [4.69, 9.17) is 9.57 Å². The second-order valence-electron chi connectivity index (χ2n) is 3.66. The summed E-state index contributed by atoms with van der Waals surface area (Å²) in [6.45, 7) is 0. The van der Waals surface area contributed by atoms with Gasteiger partial charge in [0, 0.05) is 0 Å². The molecule has 0 unspecified atom stereocenters. The third-order valence-electron chi connectivity index (χ3n) is 3.05. The molecule has 74 valence electrons. The Morgan fingerprint density at radius 1 is 1.21 bits per heavy atom. The van der Waals surface area contributed by atoms with E-state index in [1.807, 2.05) is 12.2 Å². The maximum Gasteiger partial charge on any atom is 0.260 e. The molecule has 0 aromatic carbocycles. The molecule has 5 nitrogen and oxygen atoms in total. The predicted molar refractivity (Wildman–Crippen MR) is 43.6 cm³/mol. The van der Waals surface area contributed by atoms with Crippen molar-refractivity contribution in [2.24, 2.45) is 11.8 Å². The van der Waals surface area contributed by atoms with Crippen LogP contribution in [0.5, 0.6) is 0 Å². The number of carbonyl (C=O) groups is 2. The first kappa shape index (κ1) is 8.14.